The lowest BCUT2D eigenvalue weighted by atomic mass is 10.2. The van der Waals surface area contributed by atoms with Crippen molar-refractivity contribution < 1.29 is 4.48 Å². The molecule has 14 heavy (non-hydrogen) atoms. The highest BCUT2D eigenvalue weighted by Gasteiger charge is 2.22. The number of likely N-dealkylation sites (tertiary alicyclic amines) is 1. The average Bonchev–Trinajstić information content (AvgIpc) is 2.39. The molecule has 0 saturated carbocycles. The molecule has 0 atom stereocenters. The van der Waals surface area contributed by atoms with Crippen molar-refractivity contribution in [1.29, 1.82) is 0 Å². The highest BCUT2D eigenvalue weighted by molar-refractivity contribution is 4.52. The van der Waals surface area contributed by atoms with Gasteiger partial charge < -0.3 is 4.48 Å². The van der Waals surface area contributed by atoms with Gasteiger partial charge in [0.1, 0.15) is 0 Å². The molecule has 1 aliphatic heterocycles. The summed E-state index contributed by atoms with van der Waals surface area (Å²) in [5.41, 5.74) is 0. The molecule has 0 aromatic rings. The summed E-state index contributed by atoms with van der Waals surface area (Å²) in [5, 5.41) is 0. The van der Waals surface area contributed by atoms with Crippen molar-refractivity contribution in [3.63, 3.8) is 0 Å². The van der Waals surface area contributed by atoms with E-state index < -0.39 is 0 Å². The minimum atomic E-state index is 1.36. The van der Waals surface area contributed by atoms with E-state index in [2.05, 4.69) is 14.0 Å². The lowest BCUT2D eigenvalue weighted by molar-refractivity contribution is -0.909. The zero-order chi connectivity index (χ0) is 10.3. The SMILES string of the molecule is CCCCCC[N+]1(C)CCCCCC1. The molecule has 0 amide bonds. The highest BCUT2D eigenvalue weighted by Crippen LogP contribution is 2.17. The van der Waals surface area contributed by atoms with E-state index in [1.807, 2.05) is 0 Å². The van der Waals surface area contributed by atoms with Crippen molar-refractivity contribution in [1.82, 2.24) is 0 Å². The fourth-order valence-electron chi connectivity index (χ4n) is 2.60. The van der Waals surface area contributed by atoms with Gasteiger partial charge in [-0.15, -0.1) is 0 Å². The molecule has 1 rings (SSSR count). The highest BCUT2D eigenvalue weighted by atomic mass is 15.3. The van der Waals surface area contributed by atoms with Crippen LogP contribution in [0.1, 0.15) is 58.3 Å². The smallest absolute Gasteiger partial charge is 0.0784 e. The molecule has 0 aliphatic carbocycles. The van der Waals surface area contributed by atoms with Crippen LogP contribution in [0.5, 0.6) is 0 Å². The van der Waals surface area contributed by atoms with E-state index in [0.717, 1.165) is 0 Å². The number of rotatable bonds is 5. The number of hydrogen-bond acceptors (Lipinski definition) is 0. The summed E-state index contributed by atoms with van der Waals surface area (Å²) >= 11 is 0. The van der Waals surface area contributed by atoms with Gasteiger partial charge in [-0.2, -0.15) is 0 Å². The van der Waals surface area contributed by atoms with Crippen molar-refractivity contribution in [3.05, 3.63) is 0 Å². The summed E-state index contributed by atoms with van der Waals surface area (Å²) in [7, 11) is 2.47. The second kappa shape index (κ2) is 6.44. The van der Waals surface area contributed by atoms with E-state index in [0.29, 0.717) is 0 Å². The molecule has 0 N–H and O–H groups in total. The maximum atomic E-state index is 2.47. The van der Waals surface area contributed by atoms with Crippen LogP contribution in [0.2, 0.25) is 0 Å². The van der Waals surface area contributed by atoms with E-state index in [4.69, 9.17) is 0 Å². The first-order chi connectivity index (χ1) is 6.77. The van der Waals surface area contributed by atoms with Crippen LogP contribution in [-0.2, 0) is 0 Å². The zero-order valence-electron chi connectivity index (χ0n) is 10.2. The normalized spacial score (nSPS) is 21.9. The van der Waals surface area contributed by atoms with E-state index in [-0.39, 0.29) is 0 Å². The predicted molar refractivity (Wildman–Crippen MR) is 63.4 cm³/mol. The molecule has 1 fully saturated rings. The Balaban J connectivity index is 2.17. The minimum absolute atomic E-state index is 1.36. The Morgan fingerprint density at radius 1 is 0.857 bits per heavy atom. The molecule has 1 heteroatoms. The Morgan fingerprint density at radius 3 is 2.07 bits per heavy atom. The van der Waals surface area contributed by atoms with Gasteiger partial charge in [-0.3, -0.25) is 0 Å². The Labute approximate surface area is 90.1 Å². The first kappa shape index (κ1) is 12.0. The average molecular weight is 198 g/mol. The molecule has 0 spiro atoms. The van der Waals surface area contributed by atoms with Crippen LogP contribution in [0.4, 0.5) is 0 Å². The van der Waals surface area contributed by atoms with E-state index in [1.54, 1.807) is 0 Å². The summed E-state index contributed by atoms with van der Waals surface area (Å²) in [6.07, 6.45) is 11.6. The number of unbranched alkanes of at least 4 members (excludes halogenated alkanes) is 3. The molecule has 0 bridgehead atoms. The quantitative estimate of drug-likeness (QED) is 0.468. The second-order valence-electron chi connectivity index (χ2n) is 5.27. The summed E-state index contributed by atoms with van der Waals surface area (Å²) in [5.74, 6) is 0. The molecule has 0 aromatic heterocycles. The van der Waals surface area contributed by atoms with Crippen LogP contribution in [0.3, 0.4) is 0 Å². The van der Waals surface area contributed by atoms with Crippen LogP contribution < -0.4 is 0 Å². The molecule has 1 nitrogen and oxygen atoms in total. The Bertz CT molecular complexity index is 134. The van der Waals surface area contributed by atoms with Gasteiger partial charge >= 0.3 is 0 Å². The molecule has 84 valence electrons. The summed E-state index contributed by atoms with van der Waals surface area (Å²) < 4.78 is 1.36. The molecule has 1 aliphatic rings. The van der Waals surface area contributed by atoms with Crippen molar-refractivity contribution in [3.8, 4) is 0 Å². The number of quaternary nitrogens is 1. The lowest BCUT2D eigenvalue weighted by Gasteiger charge is -2.33. The largest absolute Gasteiger partial charge is 0.326 e. The predicted octanol–water partition coefficient (Wildman–Crippen LogP) is 3.59. The molecular formula is C13H28N+. The molecular weight excluding hydrogens is 170 g/mol. The third-order valence-corrected chi connectivity index (χ3v) is 3.70. The topological polar surface area (TPSA) is 0 Å². The van der Waals surface area contributed by atoms with Crippen LogP contribution >= 0.6 is 0 Å². The van der Waals surface area contributed by atoms with Gasteiger partial charge in [-0.25, -0.2) is 0 Å². The fraction of sp³-hybridized carbons (Fsp3) is 1.00. The Hall–Kier alpha value is -0.0400. The van der Waals surface area contributed by atoms with Crippen LogP contribution in [-0.4, -0.2) is 31.2 Å². The monoisotopic (exact) mass is 198 g/mol. The fourth-order valence-corrected chi connectivity index (χ4v) is 2.60. The third kappa shape index (κ3) is 4.45. The standard InChI is InChI=1S/C13H28N/c1-3-4-5-8-11-14(2)12-9-6-7-10-13-14/h3-13H2,1-2H3/q+1. The van der Waals surface area contributed by atoms with Crippen molar-refractivity contribution >= 4 is 0 Å². The minimum Gasteiger partial charge on any atom is -0.326 e. The van der Waals surface area contributed by atoms with Gasteiger partial charge in [-0.1, -0.05) is 19.8 Å². The summed E-state index contributed by atoms with van der Waals surface area (Å²) in [4.78, 5) is 0. The summed E-state index contributed by atoms with van der Waals surface area (Å²) in [6.45, 7) is 6.60. The van der Waals surface area contributed by atoms with Gasteiger partial charge in [0.05, 0.1) is 26.7 Å². The van der Waals surface area contributed by atoms with Gasteiger partial charge in [0.2, 0.25) is 0 Å². The lowest BCUT2D eigenvalue weighted by Crippen LogP contribution is -2.45. The van der Waals surface area contributed by atoms with Gasteiger partial charge in [0.25, 0.3) is 0 Å². The Morgan fingerprint density at radius 2 is 1.50 bits per heavy atom. The van der Waals surface area contributed by atoms with E-state index >= 15 is 0 Å². The molecule has 0 aromatic carbocycles. The van der Waals surface area contributed by atoms with Gasteiger partial charge in [0, 0.05) is 0 Å². The third-order valence-electron chi connectivity index (χ3n) is 3.70. The maximum absolute atomic E-state index is 2.47. The van der Waals surface area contributed by atoms with Crippen LogP contribution in [0, 0.1) is 0 Å². The Kier molecular flexibility index (Phi) is 5.54. The van der Waals surface area contributed by atoms with Gasteiger partial charge in [0.15, 0.2) is 0 Å². The number of nitrogens with zero attached hydrogens (tertiary/aromatic N) is 1. The molecule has 1 saturated heterocycles. The molecule has 1 heterocycles. The van der Waals surface area contributed by atoms with E-state index in [1.165, 1.54) is 75.5 Å². The van der Waals surface area contributed by atoms with Gasteiger partial charge in [-0.05, 0) is 38.5 Å². The van der Waals surface area contributed by atoms with Crippen molar-refractivity contribution in [2.75, 3.05) is 26.7 Å². The van der Waals surface area contributed by atoms with Crippen molar-refractivity contribution in [2.24, 2.45) is 0 Å². The number of hydrogen-bond donors (Lipinski definition) is 0. The zero-order valence-corrected chi connectivity index (χ0v) is 10.2. The maximum Gasteiger partial charge on any atom is 0.0784 e. The van der Waals surface area contributed by atoms with Crippen LogP contribution in [0.25, 0.3) is 0 Å². The first-order valence-electron chi connectivity index (χ1n) is 6.60. The van der Waals surface area contributed by atoms with Crippen LogP contribution in [0.15, 0.2) is 0 Å². The second-order valence-corrected chi connectivity index (χ2v) is 5.27. The summed E-state index contributed by atoms with van der Waals surface area (Å²) in [6, 6.07) is 0. The van der Waals surface area contributed by atoms with E-state index in [9.17, 15) is 0 Å². The van der Waals surface area contributed by atoms with Crippen molar-refractivity contribution in [2.45, 2.75) is 58.3 Å². The first-order valence-corrected chi connectivity index (χ1v) is 6.60. The molecule has 0 unspecified atom stereocenters. The molecule has 0 radical (unpaired) electrons.